The van der Waals surface area contributed by atoms with E-state index in [4.69, 9.17) is 0 Å². The SMILES string of the molecule is CNCC1CCN(c2c(F)cc3c(=O)c(C(=O)O)cn(-c4ccc(F)cc4F)c3c2C2CC2)C1. The van der Waals surface area contributed by atoms with Crippen molar-refractivity contribution in [3.8, 4) is 5.69 Å². The first kappa shape index (κ1) is 22.5. The second kappa shape index (κ2) is 8.47. The molecule has 2 aromatic carbocycles. The van der Waals surface area contributed by atoms with Crippen LogP contribution < -0.4 is 15.6 Å². The van der Waals surface area contributed by atoms with E-state index < -0.39 is 34.4 Å². The molecular formula is C25H24F3N3O3. The Balaban J connectivity index is 1.84. The molecule has 6 nitrogen and oxygen atoms in total. The molecule has 1 aliphatic heterocycles. The first-order chi connectivity index (χ1) is 16.3. The van der Waals surface area contributed by atoms with Gasteiger partial charge >= 0.3 is 5.97 Å². The normalized spacial score (nSPS) is 18.1. The summed E-state index contributed by atoms with van der Waals surface area (Å²) < 4.78 is 45.4. The maximum Gasteiger partial charge on any atom is 0.341 e. The van der Waals surface area contributed by atoms with Gasteiger partial charge < -0.3 is 19.9 Å². The molecule has 1 saturated carbocycles. The second-order valence-corrected chi connectivity index (χ2v) is 9.09. The van der Waals surface area contributed by atoms with E-state index in [1.54, 1.807) is 0 Å². The van der Waals surface area contributed by atoms with Crippen LogP contribution >= 0.6 is 0 Å². The quantitative estimate of drug-likeness (QED) is 0.568. The number of carbonyl (C=O) groups is 1. The van der Waals surface area contributed by atoms with Gasteiger partial charge in [-0.1, -0.05) is 0 Å². The Hall–Kier alpha value is -3.33. The number of aromatic carboxylic acids is 1. The Morgan fingerprint density at radius 1 is 1.15 bits per heavy atom. The van der Waals surface area contributed by atoms with Crippen molar-refractivity contribution in [2.24, 2.45) is 5.92 Å². The van der Waals surface area contributed by atoms with Gasteiger partial charge in [0.15, 0.2) is 0 Å². The highest BCUT2D eigenvalue weighted by Crippen LogP contribution is 2.49. The Morgan fingerprint density at radius 3 is 2.56 bits per heavy atom. The minimum Gasteiger partial charge on any atom is -0.477 e. The lowest BCUT2D eigenvalue weighted by Crippen LogP contribution is -2.27. The van der Waals surface area contributed by atoms with Crippen molar-refractivity contribution in [2.75, 3.05) is 31.6 Å². The van der Waals surface area contributed by atoms with Crippen molar-refractivity contribution in [3.05, 3.63) is 69.3 Å². The molecule has 1 atom stereocenters. The lowest BCUT2D eigenvalue weighted by Gasteiger charge is -2.26. The van der Waals surface area contributed by atoms with E-state index >= 15 is 4.39 Å². The van der Waals surface area contributed by atoms with Gasteiger partial charge in [-0.25, -0.2) is 18.0 Å². The fourth-order valence-corrected chi connectivity index (χ4v) is 5.07. The molecule has 0 spiro atoms. The molecule has 1 aromatic heterocycles. The number of anilines is 1. The first-order valence-electron chi connectivity index (χ1n) is 11.3. The molecule has 178 valence electrons. The highest BCUT2D eigenvalue weighted by molar-refractivity contribution is 5.96. The Labute approximate surface area is 193 Å². The Bertz CT molecular complexity index is 1370. The monoisotopic (exact) mass is 471 g/mol. The van der Waals surface area contributed by atoms with Gasteiger partial charge in [0.05, 0.1) is 22.3 Å². The van der Waals surface area contributed by atoms with Gasteiger partial charge in [-0.05, 0) is 62.9 Å². The van der Waals surface area contributed by atoms with Crippen LogP contribution in [0, 0.1) is 23.4 Å². The average Bonchev–Trinajstić information content (AvgIpc) is 3.53. The Morgan fingerprint density at radius 2 is 1.91 bits per heavy atom. The summed E-state index contributed by atoms with van der Waals surface area (Å²) in [6.07, 6.45) is 3.49. The van der Waals surface area contributed by atoms with Crippen LogP contribution in [0.15, 0.2) is 35.3 Å². The van der Waals surface area contributed by atoms with E-state index in [0.29, 0.717) is 36.3 Å². The fourth-order valence-electron chi connectivity index (χ4n) is 5.07. The molecule has 9 heteroatoms. The number of nitrogens with one attached hydrogen (secondary N) is 1. The van der Waals surface area contributed by atoms with Gasteiger partial charge in [0, 0.05) is 30.9 Å². The number of rotatable bonds is 6. The number of pyridine rings is 1. The highest BCUT2D eigenvalue weighted by atomic mass is 19.1. The van der Waals surface area contributed by atoms with Gasteiger partial charge in [0.25, 0.3) is 0 Å². The van der Waals surface area contributed by atoms with Gasteiger partial charge in [0.1, 0.15) is 23.0 Å². The van der Waals surface area contributed by atoms with Crippen molar-refractivity contribution in [2.45, 2.75) is 25.2 Å². The number of hydrogen-bond donors (Lipinski definition) is 2. The molecular weight excluding hydrogens is 447 g/mol. The van der Waals surface area contributed by atoms with Crippen LogP contribution in [-0.2, 0) is 0 Å². The van der Waals surface area contributed by atoms with Crippen LogP contribution in [-0.4, -0.2) is 42.3 Å². The van der Waals surface area contributed by atoms with Crippen LogP contribution in [0.1, 0.15) is 41.1 Å². The summed E-state index contributed by atoms with van der Waals surface area (Å²) in [4.78, 5) is 26.8. The van der Waals surface area contributed by atoms with E-state index in [0.717, 1.165) is 44.1 Å². The molecule has 2 aliphatic rings. The molecule has 0 amide bonds. The average molecular weight is 471 g/mol. The summed E-state index contributed by atoms with van der Waals surface area (Å²) in [5, 5.41) is 12.6. The largest absolute Gasteiger partial charge is 0.477 e. The van der Waals surface area contributed by atoms with Crippen LogP contribution in [0.3, 0.4) is 0 Å². The molecule has 5 rings (SSSR count). The third-order valence-corrected chi connectivity index (χ3v) is 6.73. The zero-order valence-corrected chi connectivity index (χ0v) is 18.6. The van der Waals surface area contributed by atoms with Crippen molar-refractivity contribution < 1.29 is 23.1 Å². The first-order valence-corrected chi connectivity index (χ1v) is 11.3. The summed E-state index contributed by atoms with van der Waals surface area (Å²) in [6.45, 7) is 2.06. The van der Waals surface area contributed by atoms with E-state index in [1.807, 2.05) is 11.9 Å². The molecule has 1 aliphatic carbocycles. The molecule has 3 aromatic rings. The number of nitrogens with zero attached hydrogens (tertiary/aromatic N) is 2. The summed E-state index contributed by atoms with van der Waals surface area (Å²) in [5.41, 5.74) is -0.312. The molecule has 1 saturated heterocycles. The maximum absolute atomic E-state index is 15.6. The summed E-state index contributed by atoms with van der Waals surface area (Å²) in [7, 11) is 1.87. The maximum atomic E-state index is 15.6. The lowest BCUT2D eigenvalue weighted by atomic mass is 9.99. The number of carboxylic acids is 1. The van der Waals surface area contributed by atoms with Gasteiger partial charge in [-0.15, -0.1) is 0 Å². The van der Waals surface area contributed by atoms with Crippen LogP contribution in [0.2, 0.25) is 0 Å². The molecule has 2 fully saturated rings. The number of halogens is 3. The number of hydrogen-bond acceptors (Lipinski definition) is 4. The van der Waals surface area contributed by atoms with Gasteiger partial charge in [-0.3, -0.25) is 4.79 Å². The number of benzene rings is 2. The van der Waals surface area contributed by atoms with Crippen LogP contribution in [0.25, 0.3) is 16.6 Å². The molecule has 0 bridgehead atoms. The summed E-state index contributed by atoms with van der Waals surface area (Å²) in [6, 6.07) is 4.02. The van der Waals surface area contributed by atoms with Gasteiger partial charge in [-0.2, -0.15) is 0 Å². The zero-order chi connectivity index (χ0) is 24.1. The van der Waals surface area contributed by atoms with Crippen LogP contribution in [0.4, 0.5) is 18.9 Å². The van der Waals surface area contributed by atoms with E-state index in [-0.39, 0.29) is 22.5 Å². The van der Waals surface area contributed by atoms with Crippen molar-refractivity contribution in [1.82, 2.24) is 9.88 Å². The third-order valence-electron chi connectivity index (χ3n) is 6.73. The smallest absolute Gasteiger partial charge is 0.341 e. The topological polar surface area (TPSA) is 74.6 Å². The standard InChI is InChI=1S/C25H24F3N3O3/c1-29-10-13-6-7-30(11-13)23-19(28)9-16-22(21(23)14-2-3-14)31(12-17(24(16)32)25(33)34)20-5-4-15(26)8-18(20)27/h4-5,8-9,12-14,29H,2-3,6-7,10-11H2,1H3,(H,33,34). The molecule has 2 N–H and O–H groups in total. The van der Waals surface area contributed by atoms with Crippen molar-refractivity contribution >= 4 is 22.6 Å². The fraction of sp³-hybridized carbons (Fsp3) is 0.360. The highest BCUT2D eigenvalue weighted by Gasteiger charge is 2.36. The number of fused-ring (bicyclic) bond motifs is 1. The third kappa shape index (κ3) is 3.73. The molecule has 1 unspecified atom stereocenters. The predicted octanol–water partition coefficient (Wildman–Crippen LogP) is 4.03. The predicted molar refractivity (Wildman–Crippen MR) is 123 cm³/mol. The molecule has 34 heavy (non-hydrogen) atoms. The van der Waals surface area contributed by atoms with E-state index in [1.165, 1.54) is 10.6 Å². The van der Waals surface area contributed by atoms with E-state index in [9.17, 15) is 23.5 Å². The van der Waals surface area contributed by atoms with E-state index in [2.05, 4.69) is 5.32 Å². The molecule has 0 radical (unpaired) electrons. The zero-order valence-electron chi connectivity index (χ0n) is 18.6. The van der Waals surface area contributed by atoms with Crippen LogP contribution in [0.5, 0.6) is 0 Å². The van der Waals surface area contributed by atoms with Gasteiger partial charge in [0.2, 0.25) is 5.43 Å². The second-order valence-electron chi connectivity index (χ2n) is 9.09. The minimum atomic E-state index is -1.50. The minimum absolute atomic E-state index is 0.0404. The van der Waals surface area contributed by atoms with Crippen molar-refractivity contribution in [1.29, 1.82) is 0 Å². The molecule has 2 heterocycles. The lowest BCUT2D eigenvalue weighted by molar-refractivity contribution is 0.0695. The Kier molecular flexibility index (Phi) is 5.59. The summed E-state index contributed by atoms with van der Waals surface area (Å²) in [5.74, 6) is -3.50. The summed E-state index contributed by atoms with van der Waals surface area (Å²) >= 11 is 0. The number of aromatic nitrogens is 1. The number of carboxylic acid groups (broad SMARTS) is 1. The van der Waals surface area contributed by atoms with Crippen molar-refractivity contribution in [3.63, 3.8) is 0 Å².